The second kappa shape index (κ2) is 21.0. The normalized spacial score (nSPS) is 10.0. The number of aromatic nitrogens is 1. The molecule has 1 heterocycles. The molecule has 0 saturated heterocycles. The molecule has 0 saturated carbocycles. The largest absolute Gasteiger partial charge is 0.473 e. The minimum Gasteiger partial charge on any atom is -0.473 e. The number of ether oxygens (including phenoxy) is 1. The van der Waals surface area contributed by atoms with Crippen LogP contribution in [0.2, 0.25) is 0 Å². The molecule has 1 amide bonds. The van der Waals surface area contributed by atoms with Gasteiger partial charge < -0.3 is 19.7 Å². The van der Waals surface area contributed by atoms with E-state index in [1.807, 2.05) is 58.2 Å². The number of anilines is 1. The van der Waals surface area contributed by atoms with Gasteiger partial charge in [0.25, 0.3) is 5.91 Å². The standard InChI is InChI=1S/C20H25N3O3.C8H10.C2H6.C2H2/c1-4-16(10-12-24)23(3)17-5-7-18(8-6-17)26-14-22-20(25)19-9-11-21-13-15(19)2;1-2-8-6-4-3-5-7-8;2*1-2/h5-9,11-13,16H,4,10,14H2,1-3H3,(H,22,25);3-7H,2H2,1H3;1-2H3;1-2H. The molecule has 1 atom stereocenters. The van der Waals surface area contributed by atoms with Gasteiger partial charge in [0.2, 0.25) is 0 Å². The van der Waals surface area contributed by atoms with E-state index in [-0.39, 0.29) is 18.7 Å². The summed E-state index contributed by atoms with van der Waals surface area (Å²) in [6, 6.07) is 19.9. The third-order valence-corrected chi connectivity index (χ3v) is 5.62. The molecule has 6 nitrogen and oxygen atoms in total. The second-order valence-corrected chi connectivity index (χ2v) is 7.89. The maximum absolute atomic E-state index is 12.1. The number of carbonyl (C=O) groups is 2. The average molecular weight is 518 g/mol. The van der Waals surface area contributed by atoms with Crippen LogP contribution in [0.4, 0.5) is 5.69 Å². The zero-order valence-electron chi connectivity index (χ0n) is 23.7. The summed E-state index contributed by atoms with van der Waals surface area (Å²) in [6.45, 7) is 10.1. The zero-order chi connectivity index (χ0) is 28.8. The van der Waals surface area contributed by atoms with Crippen LogP contribution >= 0.6 is 0 Å². The lowest BCUT2D eigenvalue weighted by molar-refractivity contribution is -0.108. The van der Waals surface area contributed by atoms with E-state index in [4.69, 9.17) is 4.74 Å². The van der Waals surface area contributed by atoms with Crippen LogP contribution < -0.4 is 15.0 Å². The third kappa shape index (κ3) is 12.2. The minimum absolute atomic E-state index is 0.0819. The molecule has 1 unspecified atom stereocenters. The van der Waals surface area contributed by atoms with Crippen LogP contribution in [0.5, 0.6) is 5.75 Å². The maximum atomic E-state index is 12.1. The van der Waals surface area contributed by atoms with Gasteiger partial charge in [-0.2, -0.15) is 0 Å². The van der Waals surface area contributed by atoms with Gasteiger partial charge in [-0.1, -0.05) is 58.0 Å². The summed E-state index contributed by atoms with van der Waals surface area (Å²) in [5.74, 6) is 0.471. The SMILES string of the molecule is C#C.CC.CCC(CC=O)N(C)c1ccc(OCNC(=O)c2ccncc2C)cc1.CCc1ccccc1. The first-order valence-corrected chi connectivity index (χ1v) is 13.0. The lowest BCUT2D eigenvalue weighted by Crippen LogP contribution is -2.31. The average Bonchev–Trinajstić information content (AvgIpc) is 2.99. The van der Waals surface area contributed by atoms with E-state index in [2.05, 4.69) is 66.2 Å². The third-order valence-electron chi connectivity index (χ3n) is 5.62. The van der Waals surface area contributed by atoms with Gasteiger partial charge in [0.15, 0.2) is 6.73 Å². The molecule has 0 spiro atoms. The van der Waals surface area contributed by atoms with Crippen molar-refractivity contribution in [3.63, 3.8) is 0 Å². The Hall–Kier alpha value is -4.11. The van der Waals surface area contributed by atoms with Gasteiger partial charge >= 0.3 is 0 Å². The molecule has 1 aromatic heterocycles. The van der Waals surface area contributed by atoms with Gasteiger partial charge in [0.05, 0.1) is 0 Å². The highest BCUT2D eigenvalue weighted by molar-refractivity contribution is 5.95. The van der Waals surface area contributed by atoms with Crippen LogP contribution in [0, 0.1) is 19.8 Å². The number of hydrogen-bond acceptors (Lipinski definition) is 5. The molecule has 0 aliphatic rings. The molecular weight excluding hydrogens is 474 g/mol. The molecule has 0 bridgehead atoms. The first-order chi connectivity index (χ1) is 18.5. The van der Waals surface area contributed by atoms with E-state index in [0.29, 0.717) is 17.7 Å². The highest BCUT2D eigenvalue weighted by Gasteiger charge is 2.13. The van der Waals surface area contributed by atoms with E-state index < -0.39 is 0 Å². The van der Waals surface area contributed by atoms with Crippen molar-refractivity contribution >= 4 is 17.9 Å². The number of hydrogen-bond donors (Lipinski definition) is 1. The topological polar surface area (TPSA) is 71.5 Å². The molecule has 0 fully saturated rings. The van der Waals surface area contributed by atoms with Crippen LogP contribution in [-0.4, -0.2) is 37.0 Å². The van der Waals surface area contributed by atoms with Gasteiger partial charge in [0.1, 0.15) is 12.0 Å². The first kappa shape index (κ1) is 33.9. The molecule has 6 heteroatoms. The van der Waals surface area contributed by atoms with Crippen LogP contribution in [0.25, 0.3) is 0 Å². The number of amides is 1. The number of benzene rings is 2. The van der Waals surface area contributed by atoms with Crippen molar-refractivity contribution in [2.45, 2.75) is 59.9 Å². The monoisotopic (exact) mass is 517 g/mol. The fourth-order valence-corrected chi connectivity index (χ4v) is 3.42. The predicted octanol–water partition coefficient (Wildman–Crippen LogP) is 6.48. The Morgan fingerprint density at radius 2 is 1.68 bits per heavy atom. The van der Waals surface area contributed by atoms with Crippen molar-refractivity contribution in [3.05, 3.63) is 89.7 Å². The summed E-state index contributed by atoms with van der Waals surface area (Å²) in [7, 11) is 1.98. The Balaban J connectivity index is 0.000000952. The number of nitrogens with one attached hydrogen (secondary N) is 1. The molecule has 2 aromatic carbocycles. The van der Waals surface area contributed by atoms with E-state index in [0.717, 1.165) is 30.4 Å². The molecule has 204 valence electrons. The van der Waals surface area contributed by atoms with Gasteiger partial charge in [-0.25, -0.2) is 0 Å². The van der Waals surface area contributed by atoms with Crippen molar-refractivity contribution < 1.29 is 14.3 Å². The number of terminal acetylenes is 1. The quantitative estimate of drug-likeness (QED) is 0.189. The van der Waals surface area contributed by atoms with E-state index in [9.17, 15) is 9.59 Å². The molecule has 0 aliphatic heterocycles. The van der Waals surface area contributed by atoms with Crippen molar-refractivity contribution in [1.82, 2.24) is 10.3 Å². The van der Waals surface area contributed by atoms with E-state index in [1.165, 1.54) is 5.56 Å². The molecule has 38 heavy (non-hydrogen) atoms. The van der Waals surface area contributed by atoms with Crippen molar-refractivity contribution in [2.75, 3.05) is 18.7 Å². The lowest BCUT2D eigenvalue weighted by Gasteiger charge is -2.28. The lowest BCUT2D eigenvalue weighted by atomic mass is 10.1. The van der Waals surface area contributed by atoms with Gasteiger partial charge in [-0.3, -0.25) is 9.78 Å². The Morgan fingerprint density at radius 3 is 2.18 bits per heavy atom. The van der Waals surface area contributed by atoms with Gasteiger partial charge in [-0.15, -0.1) is 12.8 Å². The smallest absolute Gasteiger partial charge is 0.254 e. The molecule has 1 N–H and O–H groups in total. The van der Waals surface area contributed by atoms with Crippen molar-refractivity contribution in [1.29, 1.82) is 0 Å². The summed E-state index contributed by atoms with van der Waals surface area (Å²) in [6.07, 6.45) is 14.7. The number of nitrogens with zero attached hydrogens (tertiary/aromatic N) is 2. The van der Waals surface area contributed by atoms with Crippen LogP contribution in [0.3, 0.4) is 0 Å². The maximum Gasteiger partial charge on any atom is 0.254 e. The van der Waals surface area contributed by atoms with Crippen molar-refractivity contribution in [3.8, 4) is 18.6 Å². The molecule has 3 aromatic rings. The predicted molar refractivity (Wildman–Crippen MR) is 159 cm³/mol. The number of rotatable bonds is 10. The highest BCUT2D eigenvalue weighted by Crippen LogP contribution is 2.21. The Morgan fingerprint density at radius 1 is 1.05 bits per heavy atom. The molecular formula is C32H43N3O3. The number of aryl methyl sites for hydroxylation is 2. The summed E-state index contributed by atoms with van der Waals surface area (Å²) in [5.41, 5.74) is 3.83. The fraction of sp³-hybridized carbons (Fsp3) is 0.344. The van der Waals surface area contributed by atoms with E-state index in [1.54, 1.807) is 18.5 Å². The van der Waals surface area contributed by atoms with Crippen LogP contribution in [-0.2, 0) is 11.2 Å². The number of pyridine rings is 1. The Bertz CT molecular complexity index is 1050. The fourth-order valence-electron chi connectivity index (χ4n) is 3.42. The summed E-state index contributed by atoms with van der Waals surface area (Å²) in [5, 5.41) is 2.73. The summed E-state index contributed by atoms with van der Waals surface area (Å²) >= 11 is 0. The molecule has 3 rings (SSSR count). The summed E-state index contributed by atoms with van der Waals surface area (Å²) < 4.78 is 5.58. The number of aldehydes is 1. The summed E-state index contributed by atoms with van der Waals surface area (Å²) in [4.78, 5) is 29.0. The van der Waals surface area contributed by atoms with Crippen molar-refractivity contribution in [2.24, 2.45) is 0 Å². The zero-order valence-corrected chi connectivity index (χ0v) is 23.7. The number of carbonyl (C=O) groups excluding carboxylic acids is 2. The Labute approximate surface area is 229 Å². The van der Waals surface area contributed by atoms with E-state index >= 15 is 0 Å². The Kier molecular flexibility index (Phi) is 18.7. The highest BCUT2D eigenvalue weighted by atomic mass is 16.5. The molecule has 0 radical (unpaired) electrons. The minimum atomic E-state index is -0.194. The van der Waals surface area contributed by atoms with Gasteiger partial charge in [0, 0.05) is 43.2 Å². The second-order valence-electron chi connectivity index (χ2n) is 7.89. The first-order valence-electron chi connectivity index (χ1n) is 13.0. The molecule has 0 aliphatic carbocycles. The van der Waals surface area contributed by atoms with Crippen LogP contribution in [0.15, 0.2) is 73.1 Å². The van der Waals surface area contributed by atoms with Gasteiger partial charge in [-0.05, 0) is 61.2 Å². The van der Waals surface area contributed by atoms with Crippen LogP contribution in [0.1, 0.15) is 62.0 Å².